The molecular weight excluding hydrogens is 360 g/mol. The molecule has 3 rings (SSSR count). The molecule has 0 bridgehead atoms. The molecule has 3 nitrogen and oxygen atoms in total. The van der Waals surface area contributed by atoms with Crippen molar-refractivity contribution in [3.8, 4) is 11.3 Å². The van der Waals surface area contributed by atoms with Gasteiger partial charge in [-0.15, -0.1) is 0 Å². The van der Waals surface area contributed by atoms with Crippen molar-refractivity contribution in [1.29, 1.82) is 0 Å². The van der Waals surface area contributed by atoms with Crippen molar-refractivity contribution in [3.05, 3.63) is 48.3 Å². The van der Waals surface area contributed by atoms with Crippen molar-refractivity contribution in [2.45, 2.75) is 58.2 Å². The molecule has 0 aliphatic carbocycles. The molecule has 2 heterocycles. The summed E-state index contributed by atoms with van der Waals surface area (Å²) >= 11 is 0. The highest BCUT2D eigenvalue weighted by atomic mass is 28.3. The SMILES string of the molecule is CC(C)[Si](C(C)C)(C(C)C)n1nc(-c2ccnc(F)c2F)c2ccccc21. The lowest BCUT2D eigenvalue weighted by Crippen LogP contribution is -2.52. The lowest BCUT2D eigenvalue weighted by Gasteiger charge is -2.43. The largest absolute Gasteiger partial charge is 0.292 e. The number of benzene rings is 1. The minimum Gasteiger partial charge on any atom is -0.292 e. The second kappa shape index (κ2) is 7.15. The first kappa shape index (κ1) is 19.7. The summed E-state index contributed by atoms with van der Waals surface area (Å²) in [7, 11) is -2.14. The van der Waals surface area contributed by atoms with Crippen LogP contribution in [0.25, 0.3) is 22.2 Å². The molecule has 0 amide bonds. The Bertz CT molecular complexity index is 941. The fourth-order valence-electron chi connectivity index (χ4n) is 4.90. The Morgan fingerprint density at radius 2 is 1.48 bits per heavy atom. The number of para-hydroxylation sites is 1. The summed E-state index contributed by atoms with van der Waals surface area (Å²) in [4.78, 5) is 3.42. The van der Waals surface area contributed by atoms with Gasteiger partial charge in [0.05, 0.1) is 5.52 Å². The molecule has 0 spiro atoms. The van der Waals surface area contributed by atoms with E-state index in [9.17, 15) is 8.78 Å². The Hall–Kier alpha value is -2.08. The lowest BCUT2D eigenvalue weighted by atomic mass is 10.1. The van der Waals surface area contributed by atoms with E-state index in [4.69, 9.17) is 5.10 Å². The number of rotatable bonds is 5. The zero-order valence-corrected chi connectivity index (χ0v) is 17.8. The lowest BCUT2D eigenvalue weighted by molar-refractivity contribution is 0.481. The van der Waals surface area contributed by atoms with Gasteiger partial charge in [-0.25, -0.2) is 9.37 Å². The summed E-state index contributed by atoms with van der Waals surface area (Å²) in [6.07, 6.45) is 1.29. The minimum absolute atomic E-state index is 0.164. The quantitative estimate of drug-likeness (QED) is 0.374. The second-order valence-corrected chi connectivity index (χ2v) is 13.8. The standard InChI is InChI=1S/C21H27F2N3Si/c1-13(2)27(14(3)4,15(5)6)26-18-10-8-7-9-16(18)20(25-26)17-11-12-24-21(23)19(17)22/h7-15H,1-6H3. The van der Waals surface area contributed by atoms with E-state index in [2.05, 4.69) is 50.9 Å². The van der Waals surface area contributed by atoms with Gasteiger partial charge in [0.2, 0.25) is 5.95 Å². The Kier molecular flexibility index (Phi) is 5.21. The number of hydrogen-bond acceptors (Lipinski definition) is 2. The average Bonchev–Trinajstić information content (AvgIpc) is 2.97. The van der Waals surface area contributed by atoms with Crippen LogP contribution in [0.15, 0.2) is 36.5 Å². The smallest absolute Gasteiger partial charge is 0.249 e. The van der Waals surface area contributed by atoms with Gasteiger partial charge in [0, 0.05) is 17.1 Å². The van der Waals surface area contributed by atoms with Crippen molar-refractivity contribution in [2.24, 2.45) is 0 Å². The molecule has 0 aliphatic heterocycles. The molecular formula is C21H27F2N3Si. The summed E-state index contributed by atoms with van der Waals surface area (Å²) in [6, 6.07) is 9.37. The molecule has 3 aromatic rings. The fourth-order valence-corrected chi connectivity index (χ4v) is 11.2. The number of hydrogen-bond donors (Lipinski definition) is 0. The third kappa shape index (κ3) is 2.90. The molecule has 144 valence electrons. The van der Waals surface area contributed by atoms with Gasteiger partial charge >= 0.3 is 0 Å². The maximum Gasteiger partial charge on any atom is 0.249 e. The molecule has 0 saturated heterocycles. The highest BCUT2D eigenvalue weighted by Crippen LogP contribution is 2.45. The highest BCUT2D eigenvalue weighted by Gasteiger charge is 2.47. The van der Waals surface area contributed by atoms with Gasteiger partial charge in [0.15, 0.2) is 14.1 Å². The first-order chi connectivity index (χ1) is 12.7. The van der Waals surface area contributed by atoms with Crippen LogP contribution in [0.2, 0.25) is 16.6 Å². The molecule has 0 aliphatic rings. The topological polar surface area (TPSA) is 30.7 Å². The summed E-state index contributed by atoms with van der Waals surface area (Å²) < 4.78 is 30.5. The van der Waals surface area contributed by atoms with Crippen molar-refractivity contribution >= 4 is 19.1 Å². The number of aromatic nitrogens is 3. The van der Waals surface area contributed by atoms with Crippen molar-refractivity contribution in [1.82, 2.24) is 14.4 Å². The van der Waals surface area contributed by atoms with E-state index in [-0.39, 0.29) is 5.56 Å². The number of fused-ring (bicyclic) bond motifs is 1. The number of pyridine rings is 1. The molecule has 0 fully saturated rings. The number of halogens is 2. The maximum absolute atomic E-state index is 14.5. The van der Waals surface area contributed by atoms with Crippen LogP contribution in [0.1, 0.15) is 41.5 Å². The summed E-state index contributed by atoms with van der Waals surface area (Å²) in [6.45, 7) is 13.6. The van der Waals surface area contributed by atoms with E-state index < -0.39 is 20.0 Å². The molecule has 0 N–H and O–H groups in total. The normalized spacial score (nSPS) is 12.7. The third-order valence-electron chi connectivity index (χ3n) is 5.83. The van der Waals surface area contributed by atoms with E-state index in [0.29, 0.717) is 22.3 Å². The third-order valence-corrected chi connectivity index (χ3v) is 12.5. The summed E-state index contributed by atoms with van der Waals surface area (Å²) in [5.41, 5.74) is 2.96. The fraction of sp³-hybridized carbons (Fsp3) is 0.429. The van der Waals surface area contributed by atoms with E-state index in [0.717, 1.165) is 10.9 Å². The monoisotopic (exact) mass is 387 g/mol. The first-order valence-electron chi connectivity index (χ1n) is 9.51. The maximum atomic E-state index is 14.5. The predicted octanol–water partition coefficient (Wildman–Crippen LogP) is 6.40. The Balaban J connectivity index is 2.41. The average molecular weight is 388 g/mol. The van der Waals surface area contributed by atoms with Crippen molar-refractivity contribution in [2.75, 3.05) is 0 Å². The van der Waals surface area contributed by atoms with Crippen molar-refractivity contribution in [3.63, 3.8) is 0 Å². The summed E-state index contributed by atoms with van der Waals surface area (Å²) in [5, 5.41) is 5.79. The van der Waals surface area contributed by atoms with Crippen LogP contribution in [0.4, 0.5) is 8.78 Å². The Morgan fingerprint density at radius 1 is 0.889 bits per heavy atom. The van der Waals surface area contributed by atoms with Crippen LogP contribution in [-0.4, -0.2) is 22.7 Å². The first-order valence-corrected chi connectivity index (χ1v) is 11.7. The van der Waals surface area contributed by atoms with E-state index in [1.54, 1.807) is 0 Å². The highest BCUT2D eigenvalue weighted by molar-refractivity contribution is 6.82. The van der Waals surface area contributed by atoms with Gasteiger partial charge in [-0.2, -0.15) is 9.49 Å². The van der Waals surface area contributed by atoms with E-state index >= 15 is 0 Å². The molecule has 6 heteroatoms. The zero-order chi connectivity index (χ0) is 19.9. The predicted molar refractivity (Wildman–Crippen MR) is 109 cm³/mol. The van der Waals surface area contributed by atoms with Gasteiger partial charge in [-0.3, -0.25) is 4.35 Å². The van der Waals surface area contributed by atoms with Gasteiger partial charge in [-0.1, -0.05) is 59.7 Å². The van der Waals surface area contributed by atoms with Gasteiger partial charge < -0.3 is 0 Å². The Labute approximate surface area is 160 Å². The molecule has 0 radical (unpaired) electrons. The van der Waals surface area contributed by atoms with Crippen LogP contribution >= 0.6 is 0 Å². The number of nitrogens with zero attached hydrogens (tertiary/aromatic N) is 3. The zero-order valence-electron chi connectivity index (χ0n) is 16.8. The molecule has 1 aromatic carbocycles. The molecule has 27 heavy (non-hydrogen) atoms. The van der Waals surface area contributed by atoms with Crippen LogP contribution in [0.3, 0.4) is 0 Å². The van der Waals surface area contributed by atoms with Gasteiger partial charge in [0.25, 0.3) is 0 Å². The summed E-state index contributed by atoms with van der Waals surface area (Å²) in [5.74, 6) is -2.04. The Morgan fingerprint density at radius 3 is 2.07 bits per heavy atom. The van der Waals surface area contributed by atoms with Gasteiger partial charge in [0.1, 0.15) is 5.69 Å². The van der Waals surface area contributed by atoms with E-state index in [1.165, 1.54) is 12.3 Å². The molecule has 0 atom stereocenters. The van der Waals surface area contributed by atoms with Crippen LogP contribution < -0.4 is 0 Å². The van der Waals surface area contributed by atoms with E-state index in [1.807, 2.05) is 24.3 Å². The second-order valence-electron chi connectivity index (χ2n) is 8.09. The molecule has 0 saturated carbocycles. The van der Waals surface area contributed by atoms with Crippen LogP contribution in [0.5, 0.6) is 0 Å². The molecule has 2 aromatic heterocycles. The minimum atomic E-state index is -2.14. The van der Waals surface area contributed by atoms with Crippen LogP contribution in [-0.2, 0) is 0 Å². The van der Waals surface area contributed by atoms with Crippen molar-refractivity contribution < 1.29 is 8.78 Å². The van der Waals surface area contributed by atoms with Crippen LogP contribution in [0, 0.1) is 11.8 Å². The van der Waals surface area contributed by atoms with Gasteiger partial charge in [-0.05, 0) is 28.8 Å². The molecule has 0 unspecified atom stereocenters.